The van der Waals surface area contributed by atoms with Crippen molar-refractivity contribution in [3.8, 4) is 39.9 Å². The van der Waals surface area contributed by atoms with E-state index in [-0.39, 0.29) is 76.7 Å². The lowest BCUT2D eigenvalue weighted by molar-refractivity contribution is -0.143. The number of aryl methyl sites for hydroxylation is 2. The van der Waals surface area contributed by atoms with E-state index in [1.807, 2.05) is 67.6 Å². The van der Waals surface area contributed by atoms with E-state index in [0.717, 1.165) is 24.0 Å². The maximum absolute atomic E-state index is 15.1. The van der Waals surface area contributed by atoms with Crippen LogP contribution in [0.3, 0.4) is 0 Å². The molecule has 0 bridgehead atoms. The number of esters is 1. The van der Waals surface area contributed by atoms with Crippen LogP contribution in [0.15, 0.2) is 152 Å². The van der Waals surface area contributed by atoms with Crippen LogP contribution in [0.2, 0.25) is 0 Å². The van der Waals surface area contributed by atoms with Crippen LogP contribution in [0.4, 0.5) is 32.0 Å². The number of carbonyl (C=O) groups is 3. The Labute approximate surface area is 431 Å². The van der Waals surface area contributed by atoms with E-state index in [1.165, 1.54) is 23.1 Å². The van der Waals surface area contributed by atoms with E-state index < -0.39 is 47.0 Å². The molecular formula is C61H53F6NO7. The molecule has 75 heavy (non-hydrogen) atoms. The number of para-hydroxylation sites is 1. The number of aldehydes is 1. The number of nitrogens with zero attached hydrogens (tertiary/aromatic N) is 1. The van der Waals surface area contributed by atoms with Crippen LogP contribution in [0.25, 0.3) is 16.7 Å². The fourth-order valence-electron chi connectivity index (χ4n) is 9.01. The molecule has 1 amide bonds. The van der Waals surface area contributed by atoms with E-state index in [0.29, 0.717) is 65.6 Å². The third kappa shape index (κ3) is 12.5. The molecule has 0 saturated heterocycles. The maximum Gasteiger partial charge on any atom is 0.416 e. The number of benzene rings is 7. The highest BCUT2D eigenvalue weighted by Gasteiger charge is 2.39. The highest BCUT2D eigenvalue weighted by molar-refractivity contribution is 6.10. The van der Waals surface area contributed by atoms with Crippen LogP contribution < -0.4 is 23.8 Å². The van der Waals surface area contributed by atoms with Crippen LogP contribution >= 0.6 is 0 Å². The lowest BCUT2D eigenvalue weighted by Crippen LogP contribution is -2.39. The Hall–Kier alpha value is -8.13. The van der Waals surface area contributed by atoms with Crippen molar-refractivity contribution < 1.29 is 59.7 Å². The average Bonchev–Trinajstić information content (AvgIpc) is 3.39. The Morgan fingerprint density at radius 1 is 0.693 bits per heavy atom. The number of fused-ring (bicyclic) bond motifs is 2. The standard InChI is InChI=1S/C61H53F6NO7/c1-5-38(2)68(59(71)50-36-51(44-31-45(60(62,63)64)33-46(32-44)61(65,66)67)58-57(40(50)4)39(3)49-22-12-13-23-53(49)75-58)47-26-24-43(25-27-47)30-56(70)74-48-34-54(72-28-14-20-41-16-8-6-9-17-41)52(37-69)55(35-48)73-29-15-21-42-18-10-7-11-19-42/h6-13,16-19,22-27,31-38H,3,5,14-15,20-21,28-30H2,1-2,4H3. The SMILES string of the molecule is C=C1c2ccccc2Oc2c(-c3cc(C(F)(F)F)cc(C(F)(F)F)c3)cc(C(=O)N(c3ccc(CC(=O)Oc4cc(OCCCc5ccccc5)c(C=O)c(OCCCc5ccccc5)c4)cc3)C(C)CC)c(C)c21. The van der Waals surface area contributed by atoms with Crippen LogP contribution in [-0.2, 0) is 36.4 Å². The van der Waals surface area contributed by atoms with E-state index in [1.54, 1.807) is 62.4 Å². The monoisotopic (exact) mass is 1030 g/mol. The number of hydrogen-bond acceptors (Lipinski definition) is 7. The molecule has 1 heterocycles. The van der Waals surface area contributed by atoms with Crippen molar-refractivity contribution in [2.75, 3.05) is 18.1 Å². The van der Waals surface area contributed by atoms with Gasteiger partial charge in [-0.15, -0.1) is 0 Å². The van der Waals surface area contributed by atoms with Gasteiger partial charge in [-0.25, -0.2) is 0 Å². The molecule has 1 aliphatic rings. The molecule has 0 aromatic heterocycles. The molecule has 7 aromatic carbocycles. The van der Waals surface area contributed by atoms with E-state index in [9.17, 15) is 35.9 Å². The summed E-state index contributed by atoms with van der Waals surface area (Å²) >= 11 is 0. The molecule has 0 spiro atoms. The molecule has 14 heteroatoms. The Morgan fingerprint density at radius 3 is 1.77 bits per heavy atom. The van der Waals surface area contributed by atoms with Gasteiger partial charge in [0, 0.05) is 46.1 Å². The van der Waals surface area contributed by atoms with Gasteiger partial charge < -0.3 is 23.8 Å². The predicted octanol–water partition coefficient (Wildman–Crippen LogP) is 15.3. The third-order valence-corrected chi connectivity index (χ3v) is 13.1. The van der Waals surface area contributed by atoms with E-state index in [2.05, 4.69) is 6.58 Å². The van der Waals surface area contributed by atoms with Gasteiger partial charge >= 0.3 is 18.3 Å². The second kappa shape index (κ2) is 23.0. The van der Waals surface area contributed by atoms with Crippen LogP contribution in [0.5, 0.6) is 28.7 Å². The van der Waals surface area contributed by atoms with Crippen molar-refractivity contribution in [2.24, 2.45) is 0 Å². The summed E-state index contributed by atoms with van der Waals surface area (Å²) in [6.07, 6.45) is -6.61. The number of carbonyl (C=O) groups excluding carboxylic acids is 3. The Kier molecular flexibility index (Phi) is 16.3. The van der Waals surface area contributed by atoms with Gasteiger partial charge in [0.15, 0.2) is 6.29 Å². The minimum absolute atomic E-state index is 0.00788. The summed E-state index contributed by atoms with van der Waals surface area (Å²) in [5.74, 6) is -0.506. The maximum atomic E-state index is 15.1. The summed E-state index contributed by atoms with van der Waals surface area (Å²) in [6.45, 7) is 10.1. The van der Waals surface area contributed by atoms with Crippen LogP contribution in [0, 0.1) is 6.92 Å². The molecule has 1 unspecified atom stereocenters. The smallest absolute Gasteiger partial charge is 0.416 e. The first-order chi connectivity index (χ1) is 35.9. The first kappa shape index (κ1) is 53.2. The van der Waals surface area contributed by atoms with Gasteiger partial charge in [0.05, 0.1) is 36.3 Å². The first-order valence-electron chi connectivity index (χ1n) is 24.5. The number of alkyl halides is 6. The summed E-state index contributed by atoms with van der Waals surface area (Å²) in [5.41, 5.74) is 1.14. The van der Waals surface area contributed by atoms with Gasteiger partial charge in [0.25, 0.3) is 5.91 Å². The molecular weight excluding hydrogens is 973 g/mol. The molecule has 0 saturated carbocycles. The van der Waals surface area contributed by atoms with Crippen molar-refractivity contribution in [3.63, 3.8) is 0 Å². The second-order valence-corrected chi connectivity index (χ2v) is 18.2. The van der Waals surface area contributed by atoms with Gasteiger partial charge in [-0.3, -0.25) is 14.4 Å². The summed E-state index contributed by atoms with van der Waals surface area (Å²) in [7, 11) is 0. The van der Waals surface area contributed by atoms with Gasteiger partial charge in [-0.05, 0) is 122 Å². The van der Waals surface area contributed by atoms with Crippen molar-refractivity contribution >= 4 is 29.4 Å². The summed E-state index contributed by atoms with van der Waals surface area (Å²) in [6, 6.07) is 38.1. The minimum atomic E-state index is -5.14. The zero-order valence-electron chi connectivity index (χ0n) is 41.4. The quantitative estimate of drug-likeness (QED) is 0.0262. The summed E-state index contributed by atoms with van der Waals surface area (Å²) < 4.78 is 110. The zero-order valence-corrected chi connectivity index (χ0v) is 41.4. The predicted molar refractivity (Wildman–Crippen MR) is 276 cm³/mol. The first-order valence-corrected chi connectivity index (χ1v) is 24.5. The molecule has 7 aromatic rings. The van der Waals surface area contributed by atoms with Crippen molar-refractivity contribution in [1.29, 1.82) is 0 Å². The molecule has 0 fully saturated rings. The summed E-state index contributed by atoms with van der Waals surface area (Å²) in [5, 5.41) is 0. The molecule has 0 aliphatic carbocycles. The van der Waals surface area contributed by atoms with Gasteiger partial charge in [0.2, 0.25) is 0 Å². The second-order valence-electron chi connectivity index (χ2n) is 18.2. The molecule has 8 rings (SSSR count). The third-order valence-electron chi connectivity index (χ3n) is 13.1. The van der Waals surface area contributed by atoms with Crippen molar-refractivity contribution in [2.45, 2.75) is 77.7 Å². The molecule has 1 atom stereocenters. The minimum Gasteiger partial charge on any atom is -0.493 e. The van der Waals surface area contributed by atoms with Crippen LogP contribution in [0.1, 0.15) is 98.3 Å². The summed E-state index contributed by atoms with van der Waals surface area (Å²) in [4.78, 5) is 42.7. The molecule has 386 valence electrons. The van der Waals surface area contributed by atoms with Crippen molar-refractivity contribution in [3.05, 3.63) is 208 Å². The Bertz CT molecular complexity index is 3110. The number of amides is 1. The highest BCUT2D eigenvalue weighted by atomic mass is 19.4. The number of ether oxygens (including phenoxy) is 4. The Balaban J connectivity index is 1.06. The lowest BCUT2D eigenvalue weighted by Gasteiger charge is -2.32. The normalized spacial score (nSPS) is 12.5. The topological polar surface area (TPSA) is 91.4 Å². The number of hydrogen-bond donors (Lipinski definition) is 0. The average molecular weight is 1030 g/mol. The highest BCUT2D eigenvalue weighted by Crippen LogP contribution is 2.51. The fraction of sp³-hybridized carbons (Fsp3) is 0.230. The van der Waals surface area contributed by atoms with E-state index in [4.69, 9.17) is 18.9 Å². The van der Waals surface area contributed by atoms with Crippen molar-refractivity contribution in [1.82, 2.24) is 0 Å². The lowest BCUT2D eigenvalue weighted by atomic mass is 9.85. The van der Waals surface area contributed by atoms with Crippen LogP contribution in [-0.4, -0.2) is 37.4 Å². The largest absolute Gasteiger partial charge is 0.493 e. The number of halogens is 6. The zero-order chi connectivity index (χ0) is 53.4. The van der Waals surface area contributed by atoms with E-state index >= 15 is 4.79 Å². The molecule has 8 nitrogen and oxygen atoms in total. The Morgan fingerprint density at radius 2 is 1.24 bits per heavy atom. The van der Waals surface area contributed by atoms with Gasteiger partial charge in [-0.1, -0.05) is 104 Å². The number of anilines is 1. The van der Waals surface area contributed by atoms with Gasteiger partial charge in [-0.2, -0.15) is 26.3 Å². The van der Waals surface area contributed by atoms with Gasteiger partial charge in [0.1, 0.15) is 28.7 Å². The molecule has 0 radical (unpaired) electrons. The molecule has 0 N–H and O–H groups in total. The number of rotatable bonds is 19. The molecule has 1 aliphatic heterocycles. The fourth-order valence-corrected chi connectivity index (χ4v) is 9.01.